The van der Waals surface area contributed by atoms with Gasteiger partial charge in [0.2, 0.25) is 0 Å². The number of rotatable bonds is 5. The summed E-state index contributed by atoms with van der Waals surface area (Å²) in [6.07, 6.45) is 0.539. The molecule has 0 N–H and O–H groups in total. The van der Waals surface area contributed by atoms with Crippen molar-refractivity contribution in [3.8, 4) is 5.75 Å². The van der Waals surface area contributed by atoms with E-state index in [-0.39, 0.29) is 23.6 Å². The lowest BCUT2D eigenvalue weighted by Crippen LogP contribution is -2.02. The van der Waals surface area contributed by atoms with E-state index in [0.29, 0.717) is 17.4 Å². The summed E-state index contributed by atoms with van der Waals surface area (Å²) < 4.78 is 19.0. The zero-order valence-corrected chi connectivity index (χ0v) is 11.2. The number of nitro benzene ring substituents is 1. The molecule has 0 unspecified atom stereocenters. The lowest BCUT2D eigenvalue weighted by molar-refractivity contribution is -0.385. The predicted octanol–water partition coefficient (Wildman–Crippen LogP) is 3.43. The molecule has 2 rings (SSSR count). The van der Waals surface area contributed by atoms with Crippen LogP contribution in [0, 0.1) is 22.9 Å². The number of halogens is 1. The molecular weight excluding hydrogens is 277 g/mol. The molecule has 0 aliphatic heterocycles. The van der Waals surface area contributed by atoms with Crippen molar-refractivity contribution in [3.63, 3.8) is 0 Å². The number of benzene rings is 2. The van der Waals surface area contributed by atoms with E-state index in [4.69, 9.17) is 4.74 Å². The molecule has 0 aromatic heterocycles. The lowest BCUT2D eigenvalue weighted by atomic mass is 10.1. The van der Waals surface area contributed by atoms with Crippen LogP contribution in [0.1, 0.15) is 21.5 Å². The van der Waals surface area contributed by atoms with Crippen molar-refractivity contribution in [2.75, 3.05) is 0 Å². The van der Waals surface area contributed by atoms with Gasteiger partial charge in [0.1, 0.15) is 12.9 Å². The minimum atomic E-state index is -0.650. The van der Waals surface area contributed by atoms with Crippen molar-refractivity contribution in [3.05, 3.63) is 69.0 Å². The molecule has 0 heterocycles. The Morgan fingerprint density at radius 1 is 1.33 bits per heavy atom. The van der Waals surface area contributed by atoms with Crippen molar-refractivity contribution in [2.24, 2.45) is 0 Å². The molecule has 2 aromatic rings. The third-order valence-electron chi connectivity index (χ3n) is 3.09. The van der Waals surface area contributed by atoms with Gasteiger partial charge in [-0.1, -0.05) is 12.1 Å². The van der Waals surface area contributed by atoms with Crippen molar-refractivity contribution >= 4 is 12.0 Å². The van der Waals surface area contributed by atoms with Crippen LogP contribution in [0.4, 0.5) is 10.1 Å². The second kappa shape index (κ2) is 6.13. The maximum absolute atomic E-state index is 13.7. The monoisotopic (exact) mass is 289 g/mol. The van der Waals surface area contributed by atoms with Gasteiger partial charge in [0.15, 0.2) is 11.6 Å². The predicted molar refractivity (Wildman–Crippen MR) is 74.0 cm³/mol. The topological polar surface area (TPSA) is 69.4 Å². The third kappa shape index (κ3) is 3.22. The highest BCUT2D eigenvalue weighted by molar-refractivity contribution is 5.74. The van der Waals surface area contributed by atoms with E-state index in [0.717, 1.165) is 6.07 Å². The Labute approximate surface area is 120 Å². The van der Waals surface area contributed by atoms with Gasteiger partial charge in [0, 0.05) is 17.2 Å². The van der Waals surface area contributed by atoms with Crippen LogP contribution >= 0.6 is 0 Å². The fraction of sp³-hybridized carbons (Fsp3) is 0.133. The normalized spacial score (nSPS) is 10.2. The van der Waals surface area contributed by atoms with Crippen LogP contribution in [0.15, 0.2) is 36.4 Å². The highest BCUT2D eigenvalue weighted by Crippen LogP contribution is 2.24. The van der Waals surface area contributed by atoms with Gasteiger partial charge in [-0.3, -0.25) is 14.9 Å². The number of ether oxygens (including phenoxy) is 1. The minimum Gasteiger partial charge on any atom is -0.486 e. The summed E-state index contributed by atoms with van der Waals surface area (Å²) in [5.41, 5.74) is 1.29. The second-order valence-corrected chi connectivity index (χ2v) is 4.41. The summed E-state index contributed by atoms with van der Waals surface area (Å²) in [5.74, 6) is -0.658. The van der Waals surface area contributed by atoms with Gasteiger partial charge >= 0.3 is 0 Å². The maximum Gasteiger partial charge on any atom is 0.272 e. The molecule has 108 valence electrons. The Bertz CT molecular complexity index is 700. The Morgan fingerprint density at radius 2 is 2.10 bits per heavy atom. The number of carbonyl (C=O) groups excluding carboxylic acids is 1. The van der Waals surface area contributed by atoms with Gasteiger partial charge in [-0.25, -0.2) is 4.39 Å². The van der Waals surface area contributed by atoms with Crippen molar-refractivity contribution in [1.82, 2.24) is 0 Å². The lowest BCUT2D eigenvalue weighted by Gasteiger charge is -2.09. The molecule has 0 aliphatic rings. The van der Waals surface area contributed by atoms with Crippen molar-refractivity contribution < 1.29 is 18.8 Å². The molecule has 6 heteroatoms. The molecule has 0 fully saturated rings. The van der Waals surface area contributed by atoms with Gasteiger partial charge in [-0.15, -0.1) is 0 Å². The molecule has 0 saturated heterocycles. The average molecular weight is 289 g/mol. The fourth-order valence-electron chi connectivity index (χ4n) is 1.89. The van der Waals surface area contributed by atoms with E-state index in [9.17, 15) is 19.3 Å². The van der Waals surface area contributed by atoms with E-state index in [1.165, 1.54) is 18.2 Å². The fourth-order valence-corrected chi connectivity index (χ4v) is 1.89. The number of hydrogen-bond acceptors (Lipinski definition) is 4. The first-order valence-corrected chi connectivity index (χ1v) is 6.13. The van der Waals surface area contributed by atoms with Crippen LogP contribution in [0.3, 0.4) is 0 Å². The number of carbonyl (C=O) groups is 1. The summed E-state index contributed by atoms with van der Waals surface area (Å²) in [6.45, 7) is 1.62. The summed E-state index contributed by atoms with van der Waals surface area (Å²) in [7, 11) is 0. The van der Waals surface area contributed by atoms with E-state index in [1.54, 1.807) is 19.1 Å². The zero-order chi connectivity index (χ0) is 15.4. The van der Waals surface area contributed by atoms with Gasteiger partial charge in [-0.2, -0.15) is 0 Å². The summed E-state index contributed by atoms with van der Waals surface area (Å²) in [4.78, 5) is 20.9. The third-order valence-corrected chi connectivity index (χ3v) is 3.09. The Balaban J connectivity index is 2.19. The van der Waals surface area contributed by atoms with Gasteiger partial charge in [0.25, 0.3) is 5.69 Å². The molecule has 0 aliphatic carbocycles. The first kappa shape index (κ1) is 14.6. The zero-order valence-electron chi connectivity index (χ0n) is 11.2. The van der Waals surface area contributed by atoms with Crippen molar-refractivity contribution in [2.45, 2.75) is 13.5 Å². The Morgan fingerprint density at radius 3 is 2.71 bits per heavy atom. The largest absolute Gasteiger partial charge is 0.486 e. The van der Waals surface area contributed by atoms with Crippen LogP contribution in [-0.4, -0.2) is 11.2 Å². The second-order valence-electron chi connectivity index (χ2n) is 4.41. The van der Waals surface area contributed by atoms with Gasteiger partial charge in [-0.05, 0) is 30.7 Å². The summed E-state index contributed by atoms with van der Waals surface area (Å²) >= 11 is 0. The van der Waals surface area contributed by atoms with Crippen LogP contribution in [0.5, 0.6) is 5.75 Å². The first-order chi connectivity index (χ1) is 10.0. The smallest absolute Gasteiger partial charge is 0.272 e. The highest BCUT2D eigenvalue weighted by Gasteiger charge is 2.14. The molecule has 0 spiro atoms. The SMILES string of the molecule is Cc1c(COc2ccc(C=O)cc2F)cccc1[N+](=O)[O-]. The van der Waals surface area contributed by atoms with Crippen LogP contribution in [0.2, 0.25) is 0 Å². The molecule has 0 amide bonds. The maximum atomic E-state index is 13.7. The van der Waals surface area contributed by atoms with Crippen molar-refractivity contribution in [1.29, 1.82) is 0 Å². The number of nitro groups is 1. The van der Waals surface area contributed by atoms with Gasteiger partial charge in [0.05, 0.1) is 4.92 Å². The van der Waals surface area contributed by atoms with E-state index in [1.807, 2.05) is 0 Å². The average Bonchev–Trinajstić information content (AvgIpc) is 2.46. The molecule has 0 saturated carbocycles. The highest BCUT2D eigenvalue weighted by atomic mass is 19.1. The van der Waals surface area contributed by atoms with E-state index < -0.39 is 10.7 Å². The first-order valence-electron chi connectivity index (χ1n) is 6.13. The summed E-state index contributed by atoms with van der Waals surface area (Å²) in [5, 5.41) is 10.8. The molecule has 21 heavy (non-hydrogen) atoms. The minimum absolute atomic E-state index is 0.00483. The molecule has 0 radical (unpaired) electrons. The number of nitrogens with zero attached hydrogens (tertiary/aromatic N) is 1. The standard InChI is InChI=1S/C15H12FNO4/c1-10-12(3-2-4-14(10)17(19)20)9-21-15-6-5-11(8-18)7-13(15)16/h2-8H,9H2,1H3. The van der Waals surface area contributed by atoms with E-state index >= 15 is 0 Å². The van der Waals surface area contributed by atoms with Crippen LogP contribution in [0.25, 0.3) is 0 Å². The quantitative estimate of drug-likeness (QED) is 0.480. The van der Waals surface area contributed by atoms with Crippen LogP contribution in [-0.2, 0) is 6.61 Å². The number of aldehydes is 1. The van der Waals surface area contributed by atoms with E-state index in [2.05, 4.69) is 0 Å². The van der Waals surface area contributed by atoms with Crippen LogP contribution < -0.4 is 4.74 Å². The molecular formula is C15H12FNO4. The molecule has 2 aromatic carbocycles. The molecule has 0 atom stereocenters. The van der Waals surface area contributed by atoms with Gasteiger partial charge < -0.3 is 4.74 Å². The number of hydrogen-bond donors (Lipinski definition) is 0. The Hall–Kier alpha value is -2.76. The molecule has 0 bridgehead atoms. The summed E-state index contributed by atoms with van der Waals surface area (Å²) in [6, 6.07) is 8.49. The molecule has 5 nitrogen and oxygen atoms in total. The Kier molecular flexibility index (Phi) is 4.27.